The van der Waals surface area contributed by atoms with Crippen LogP contribution in [0.1, 0.15) is 21.5 Å². The van der Waals surface area contributed by atoms with Gasteiger partial charge in [0.15, 0.2) is 0 Å². The Hall–Kier alpha value is -2.40. The van der Waals surface area contributed by atoms with Gasteiger partial charge in [-0.25, -0.2) is 4.79 Å². The second-order valence-corrected chi connectivity index (χ2v) is 5.08. The average Bonchev–Trinajstić information content (AvgIpc) is 2.51. The molecule has 1 aromatic carbocycles. The van der Waals surface area contributed by atoms with Crippen LogP contribution in [0.25, 0.3) is 0 Å². The Bertz CT molecular complexity index is 702. The minimum atomic E-state index is -0.475. The Labute approximate surface area is 133 Å². The molecule has 2 aromatic rings. The molecule has 0 saturated heterocycles. The molecule has 1 aromatic heterocycles. The molecule has 2 rings (SSSR count). The molecular weight excluding hydrogens is 304 g/mol. The van der Waals surface area contributed by atoms with E-state index in [1.165, 1.54) is 7.11 Å². The molecule has 6 heteroatoms. The fourth-order valence-electron chi connectivity index (χ4n) is 2.03. The number of hydrogen-bond acceptors (Lipinski definition) is 4. The third-order valence-electron chi connectivity index (χ3n) is 3.17. The molecule has 114 valence electrons. The zero-order chi connectivity index (χ0) is 16.1. The fraction of sp³-hybridized carbons (Fsp3) is 0.188. The van der Waals surface area contributed by atoms with Crippen LogP contribution in [0.15, 0.2) is 36.7 Å². The number of hydrogen-bond donors (Lipinski definition) is 1. The van der Waals surface area contributed by atoms with Crippen LogP contribution in [0.2, 0.25) is 5.02 Å². The average molecular weight is 319 g/mol. The highest BCUT2D eigenvalue weighted by molar-refractivity contribution is 6.34. The van der Waals surface area contributed by atoms with Crippen molar-refractivity contribution in [3.63, 3.8) is 0 Å². The molecule has 0 aliphatic heterocycles. The van der Waals surface area contributed by atoms with E-state index in [1.54, 1.807) is 37.5 Å². The van der Waals surface area contributed by atoms with Crippen LogP contribution in [0, 0.1) is 6.92 Å². The number of benzene rings is 1. The van der Waals surface area contributed by atoms with E-state index in [1.807, 2.05) is 6.07 Å². The number of nitrogens with one attached hydrogen (secondary N) is 1. The van der Waals surface area contributed by atoms with Crippen molar-refractivity contribution in [2.45, 2.75) is 13.3 Å². The van der Waals surface area contributed by atoms with Crippen molar-refractivity contribution >= 4 is 29.2 Å². The summed E-state index contributed by atoms with van der Waals surface area (Å²) in [6.45, 7) is 1.71. The van der Waals surface area contributed by atoms with Crippen molar-refractivity contribution < 1.29 is 14.3 Å². The van der Waals surface area contributed by atoms with Crippen LogP contribution in [0.4, 0.5) is 5.69 Å². The Morgan fingerprint density at radius 2 is 2.09 bits per heavy atom. The summed E-state index contributed by atoms with van der Waals surface area (Å²) in [7, 11) is 1.30. The summed E-state index contributed by atoms with van der Waals surface area (Å²) >= 11 is 6.12. The number of rotatable bonds is 4. The highest BCUT2D eigenvalue weighted by Crippen LogP contribution is 2.29. The molecule has 0 unspecified atom stereocenters. The maximum Gasteiger partial charge on any atom is 0.338 e. The number of methoxy groups -OCH3 is 1. The van der Waals surface area contributed by atoms with Crippen molar-refractivity contribution in [1.82, 2.24) is 4.98 Å². The molecular formula is C16H15ClN2O3. The molecule has 5 nitrogen and oxygen atoms in total. The molecule has 0 saturated carbocycles. The number of ether oxygens (including phenoxy) is 1. The summed E-state index contributed by atoms with van der Waals surface area (Å²) < 4.78 is 4.71. The number of nitrogens with zero attached hydrogens (tertiary/aromatic N) is 1. The number of halogens is 1. The number of anilines is 1. The van der Waals surface area contributed by atoms with Crippen LogP contribution >= 0.6 is 11.6 Å². The second kappa shape index (κ2) is 7.04. The third kappa shape index (κ3) is 3.62. The number of carbonyl (C=O) groups is 2. The molecule has 22 heavy (non-hydrogen) atoms. The van der Waals surface area contributed by atoms with E-state index in [0.717, 1.165) is 5.56 Å². The van der Waals surface area contributed by atoms with Crippen molar-refractivity contribution in [1.29, 1.82) is 0 Å². The Morgan fingerprint density at radius 1 is 1.32 bits per heavy atom. The van der Waals surface area contributed by atoms with Crippen LogP contribution in [0.5, 0.6) is 0 Å². The van der Waals surface area contributed by atoms with E-state index >= 15 is 0 Å². The summed E-state index contributed by atoms with van der Waals surface area (Å²) in [5.41, 5.74) is 2.14. The predicted octanol–water partition coefficient (Wildman–Crippen LogP) is 3.01. The van der Waals surface area contributed by atoms with Gasteiger partial charge in [0.2, 0.25) is 5.91 Å². The molecule has 1 N–H and O–H groups in total. The van der Waals surface area contributed by atoms with E-state index in [-0.39, 0.29) is 12.3 Å². The van der Waals surface area contributed by atoms with Gasteiger partial charge < -0.3 is 10.1 Å². The summed E-state index contributed by atoms with van der Waals surface area (Å²) in [5, 5.41) is 3.11. The third-order valence-corrected chi connectivity index (χ3v) is 3.49. The highest BCUT2D eigenvalue weighted by Gasteiger charge is 2.16. The zero-order valence-electron chi connectivity index (χ0n) is 12.2. The van der Waals surface area contributed by atoms with Crippen molar-refractivity contribution in [2.24, 2.45) is 0 Å². The predicted molar refractivity (Wildman–Crippen MR) is 84.1 cm³/mol. The minimum absolute atomic E-state index is 0.173. The maximum absolute atomic E-state index is 12.1. The molecule has 0 fully saturated rings. The van der Waals surface area contributed by atoms with Gasteiger partial charge in [0.05, 0.1) is 29.8 Å². The molecule has 0 radical (unpaired) electrons. The number of esters is 1. The molecule has 0 bridgehead atoms. The van der Waals surface area contributed by atoms with Crippen LogP contribution in [-0.4, -0.2) is 24.0 Å². The monoisotopic (exact) mass is 318 g/mol. The van der Waals surface area contributed by atoms with Gasteiger partial charge in [0, 0.05) is 12.4 Å². The minimum Gasteiger partial charge on any atom is -0.465 e. The van der Waals surface area contributed by atoms with Crippen LogP contribution in [-0.2, 0) is 16.0 Å². The lowest BCUT2D eigenvalue weighted by atomic mass is 10.1. The first kappa shape index (κ1) is 16.0. The maximum atomic E-state index is 12.1. The fourth-order valence-corrected chi connectivity index (χ4v) is 2.29. The zero-order valence-corrected chi connectivity index (χ0v) is 13.0. The standard InChI is InChI=1S/C16H15ClN2O3/c1-10-12(16(21)22-2)5-6-13(17)15(10)19-14(20)8-11-4-3-7-18-9-11/h3-7,9H,8H2,1-2H3,(H,19,20). The van der Waals surface area contributed by atoms with Gasteiger partial charge in [-0.2, -0.15) is 0 Å². The molecule has 1 heterocycles. The first-order valence-corrected chi connectivity index (χ1v) is 6.97. The summed E-state index contributed by atoms with van der Waals surface area (Å²) in [4.78, 5) is 27.8. The van der Waals surface area contributed by atoms with Gasteiger partial charge in [0.1, 0.15) is 0 Å². The normalized spacial score (nSPS) is 10.1. The lowest BCUT2D eigenvalue weighted by Gasteiger charge is -2.13. The number of aromatic nitrogens is 1. The number of amides is 1. The topological polar surface area (TPSA) is 68.3 Å². The highest BCUT2D eigenvalue weighted by atomic mass is 35.5. The van der Waals surface area contributed by atoms with Gasteiger partial charge in [-0.1, -0.05) is 17.7 Å². The number of pyridine rings is 1. The van der Waals surface area contributed by atoms with Gasteiger partial charge in [-0.15, -0.1) is 0 Å². The van der Waals surface area contributed by atoms with Gasteiger partial charge >= 0.3 is 5.97 Å². The van der Waals surface area contributed by atoms with E-state index in [4.69, 9.17) is 16.3 Å². The van der Waals surface area contributed by atoms with E-state index in [0.29, 0.717) is 21.8 Å². The lowest BCUT2D eigenvalue weighted by Crippen LogP contribution is -2.17. The lowest BCUT2D eigenvalue weighted by molar-refractivity contribution is -0.115. The van der Waals surface area contributed by atoms with Crippen molar-refractivity contribution in [2.75, 3.05) is 12.4 Å². The van der Waals surface area contributed by atoms with Gasteiger partial charge in [-0.05, 0) is 36.2 Å². The summed E-state index contributed by atoms with van der Waals surface area (Å²) in [5.74, 6) is -0.711. The van der Waals surface area contributed by atoms with Gasteiger partial charge in [-0.3, -0.25) is 9.78 Å². The molecule has 0 aliphatic rings. The largest absolute Gasteiger partial charge is 0.465 e. The van der Waals surface area contributed by atoms with Crippen LogP contribution in [0.3, 0.4) is 0 Å². The molecule has 0 atom stereocenters. The molecule has 1 amide bonds. The van der Waals surface area contributed by atoms with E-state index in [9.17, 15) is 9.59 Å². The Kier molecular flexibility index (Phi) is 5.12. The van der Waals surface area contributed by atoms with E-state index in [2.05, 4.69) is 10.3 Å². The first-order valence-electron chi connectivity index (χ1n) is 6.59. The number of carbonyl (C=O) groups excluding carboxylic acids is 2. The summed E-state index contributed by atoms with van der Waals surface area (Å²) in [6, 6.07) is 6.70. The Balaban J connectivity index is 2.22. The second-order valence-electron chi connectivity index (χ2n) is 4.67. The SMILES string of the molecule is COC(=O)c1ccc(Cl)c(NC(=O)Cc2cccnc2)c1C. The Morgan fingerprint density at radius 3 is 2.73 bits per heavy atom. The van der Waals surface area contributed by atoms with E-state index < -0.39 is 5.97 Å². The molecule has 0 aliphatic carbocycles. The van der Waals surface area contributed by atoms with Crippen molar-refractivity contribution in [3.05, 3.63) is 58.4 Å². The van der Waals surface area contributed by atoms with Gasteiger partial charge in [0.25, 0.3) is 0 Å². The summed E-state index contributed by atoms with van der Waals surface area (Å²) in [6.07, 6.45) is 3.44. The smallest absolute Gasteiger partial charge is 0.338 e. The van der Waals surface area contributed by atoms with Crippen molar-refractivity contribution in [3.8, 4) is 0 Å². The molecule has 0 spiro atoms. The first-order chi connectivity index (χ1) is 10.5. The van der Waals surface area contributed by atoms with Crippen LogP contribution < -0.4 is 5.32 Å². The quantitative estimate of drug-likeness (QED) is 0.880.